The number of nitrogens with one attached hydrogen (secondary N) is 1. The molecule has 0 bridgehead atoms. The van der Waals surface area contributed by atoms with Crippen LogP contribution in [0.4, 0.5) is 5.69 Å². The van der Waals surface area contributed by atoms with Crippen molar-refractivity contribution in [1.29, 1.82) is 0 Å². The summed E-state index contributed by atoms with van der Waals surface area (Å²) in [6.07, 6.45) is 0. The van der Waals surface area contributed by atoms with Gasteiger partial charge in [-0.1, -0.05) is 19.9 Å². The molecular weight excluding hydrogens is 250 g/mol. The van der Waals surface area contributed by atoms with E-state index in [-0.39, 0.29) is 11.9 Å². The Hall–Kier alpha value is -1.55. The second-order valence-corrected chi connectivity index (χ2v) is 6.11. The van der Waals surface area contributed by atoms with E-state index in [9.17, 15) is 4.79 Å². The lowest BCUT2D eigenvalue weighted by Crippen LogP contribution is -2.45. The highest BCUT2D eigenvalue weighted by molar-refractivity contribution is 5.97. The lowest BCUT2D eigenvalue weighted by Gasteiger charge is -2.26. The third-order valence-electron chi connectivity index (χ3n) is 3.54. The van der Waals surface area contributed by atoms with Gasteiger partial charge in [0, 0.05) is 23.8 Å². The van der Waals surface area contributed by atoms with Crippen LogP contribution < -0.4 is 11.1 Å². The summed E-state index contributed by atoms with van der Waals surface area (Å²) in [6, 6.07) is 3.85. The topological polar surface area (TPSA) is 58.4 Å². The van der Waals surface area contributed by atoms with Crippen molar-refractivity contribution < 1.29 is 4.79 Å². The average Bonchev–Trinajstić information content (AvgIpc) is 2.32. The van der Waals surface area contributed by atoms with Gasteiger partial charge in [0.05, 0.1) is 0 Å². The Labute approximate surface area is 122 Å². The Morgan fingerprint density at radius 3 is 2.35 bits per heavy atom. The molecule has 4 nitrogen and oxygen atoms in total. The van der Waals surface area contributed by atoms with E-state index in [1.165, 1.54) is 0 Å². The van der Waals surface area contributed by atoms with Gasteiger partial charge in [-0.25, -0.2) is 0 Å². The third-order valence-corrected chi connectivity index (χ3v) is 3.54. The van der Waals surface area contributed by atoms with Gasteiger partial charge in [0.2, 0.25) is 0 Å². The van der Waals surface area contributed by atoms with Crippen LogP contribution in [0.25, 0.3) is 0 Å². The van der Waals surface area contributed by atoms with Crippen LogP contribution >= 0.6 is 0 Å². The molecule has 0 spiro atoms. The largest absolute Gasteiger partial charge is 0.398 e. The molecule has 1 rings (SSSR count). The van der Waals surface area contributed by atoms with Crippen molar-refractivity contribution in [2.75, 3.05) is 26.4 Å². The van der Waals surface area contributed by atoms with Gasteiger partial charge in [-0.15, -0.1) is 0 Å². The van der Waals surface area contributed by atoms with Gasteiger partial charge in [0.25, 0.3) is 5.91 Å². The maximum absolute atomic E-state index is 12.4. The van der Waals surface area contributed by atoms with Crippen molar-refractivity contribution in [3.05, 3.63) is 28.8 Å². The fourth-order valence-corrected chi connectivity index (χ4v) is 2.18. The fraction of sp³-hybridized carbons (Fsp3) is 0.562. The molecular formula is C16H27N3O. The number of aryl methyl sites for hydroxylation is 2. The van der Waals surface area contributed by atoms with Crippen LogP contribution in [0.5, 0.6) is 0 Å². The van der Waals surface area contributed by atoms with Crippen LogP contribution in [-0.2, 0) is 0 Å². The number of nitrogens with two attached hydrogens (primary N) is 1. The summed E-state index contributed by atoms with van der Waals surface area (Å²) in [5.41, 5.74) is 9.20. The van der Waals surface area contributed by atoms with Crippen molar-refractivity contribution in [2.24, 2.45) is 5.92 Å². The number of rotatable bonds is 5. The molecule has 0 saturated heterocycles. The molecule has 0 heterocycles. The van der Waals surface area contributed by atoms with Gasteiger partial charge in [-0.2, -0.15) is 0 Å². The van der Waals surface area contributed by atoms with Crippen LogP contribution in [0.3, 0.4) is 0 Å². The minimum atomic E-state index is -0.0465. The highest BCUT2D eigenvalue weighted by Gasteiger charge is 2.19. The second-order valence-electron chi connectivity index (χ2n) is 6.11. The highest BCUT2D eigenvalue weighted by Crippen LogP contribution is 2.18. The molecule has 0 aliphatic carbocycles. The summed E-state index contributed by atoms with van der Waals surface area (Å²) >= 11 is 0. The molecule has 1 unspecified atom stereocenters. The zero-order valence-corrected chi connectivity index (χ0v) is 13.4. The second kappa shape index (κ2) is 6.75. The Bertz CT molecular complexity index is 481. The SMILES string of the molecule is Cc1cc(C)c(C(=O)NC(CN(C)C)C(C)C)cc1N. The monoisotopic (exact) mass is 277 g/mol. The molecule has 3 N–H and O–H groups in total. The van der Waals surface area contributed by atoms with E-state index >= 15 is 0 Å². The number of nitrogen functional groups attached to an aromatic ring is 1. The minimum absolute atomic E-state index is 0.0465. The number of amides is 1. The number of carbonyl (C=O) groups excluding carboxylic acids is 1. The lowest BCUT2D eigenvalue weighted by molar-refractivity contribution is 0.0916. The predicted molar refractivity (Wildman–Crippen MR) is 85.0 cm³/mol. The van der Waals surface area contributed by atoms with E-state index in [1.807, 2.05) is 34.0 Å². The van der Waals surface area contributed by atoms with Crippen LogP contribution in [0.2, 0.25) is 0 Å². The Morgan fingerprint density at radius 1 is 1.25 bits per heavy atom. The predicted octanol–water partition coefficient (Wildman–Crippen LogP) is 2.20. The first-order valence-electron chi connectivity index (χ1n) is 7.04. The van der Waals surface area contributed by atoms with E-state index in [1.54, 1.807) is 6.07 Å². The maximum Gasteiger partial charge on any atom is 0.251 e. The smallest absolute Gasteiger partial charge is 0.251 e. The van der Waals surface area contributed by atoms with E-state index in [4.69, 9.17) is 5.73 Å². The van der Waals surface area contributed by atoms with Gasteiger partial charge in [-0.3, -0.25) is 4.79 Å². The molecule has 1 aromatic carbocycles. The van der Waals surface area contributed by atoms with Gasteiger partial charge in [0.1, 0.15) is 0 Å². The van der Waals surface area contributed by atoms with Crippen molar-refractivity contribution in [3.63, 3.8) is 0 Å². The van der Waals surface area contributed by atoms with E-state index in [0.29, 0.717) is 17.2 Å². The van der Waals surface area contributed by atoms with Gasteiger partial charge < -0.3 is 16.0 Å². The Balaban J connectivity index is 2.92. The summed E-state index contributed by atoms with van der Waals surface area (Å²) in [7, 11) is 4.02. The highest BCUT2D eigenvalue weighted by atomic mass is 16.1. The molecule has 0 radical (unpaired) electrons. The number of likely N-dealkylation sites (N-methyl/N-ethyl adjacent to an activating group) is 1. The number of hydrogen-bond donors (Lipinski definition) is 2. The van der Waals surface area contributed by atoms with Crippen molar-refractivity contribution in [3.8, 4) is 0 Å². The van der Waals surface area contributed by atoms with Crippen LogP contribution in [0.1, 0.15) is 35.3 Å². The fourth-order valence-electron chi connectivity index (χ4n) is 2.18. The third kappa shape index (κ3) is 4.23. The molecule has 0 aliphatic rings. The normalized spacial score (nSPS) is 12.8. The standard InChI is InChI=1S/C16H27N3O/c1-10(2)15(9-19(5)6)18-16(20)13-8-14(17)12(4)7-11(13)3/h7-8,10,15H,9,17H2,1-6H3,(H,18,20). The average molecular weight is 277 g/mol. The van der Waals surface area contributed by atoms with Crippen LogP contribution in [0, 0.1) is 19.8 Å². The molecule has 1 atom stereocenters. The summed E-state index contributed by atoms with van der Waals surface area (Å²) < 4.78 is 0. The zero-order valence-electron chi connectivity index (χ0n) is 13.4. The molecule has 1 aromatic rings. The number of benzene rings is 1. The zero-order chi connectivity index (χ0) is 15.4. The number of anilines is 1. The summed E-state index contributed by atoms with van der Waals surface area (Å²) in [5, 5.41) is 3.12. The van der Waals surface area contributed by atoms with Crippen molar-refractivity contribution in [2.45, 2.75) is 33.7 Å². The van der Waals surface area contributed by atoms with Crippen molar-refractivity contribution in [1.82, 2.24) is 10.2 Å². The maximum atomic E-state index is 12.4. The Kier molecular flexibility index (Phi) is 5.57. The van der Waals surface area contributed by atoms with Gasteiger partial charge in [0.15, 0.2) is 0 Å². The Morgan fingerprint density at radius 2 is 1.85 bits per heavy atom. The number of carbonyl (C=O) groups is 1. The first-order chi connectivity index (χ1) is 9.22. The number of nitrogens with zero attached hydrogens (tertiary/aromatic N) is 1. The molecule has 20 heavy (non-hydrogen) atoms. The van der Waals surface area contributed by atoms with E-state index < -0.39 is 0 Å². The van der Waals surface area contributed by atoms with Gasteiger partial charge >= 0.3 is 0 Å². The quantitative estimate of drug-likeness (QED) is 0.811. The molecule has 0 aliphatic heterocycles. The van der Waals surface area contributed by atoms with Crippen molar-refractivity contribution >= 4 is 11.6 Å². The molecule has 0 saturated carbocycles. The first kappa shape index (κ1) is 16.5. The summed E-state index contributed by atoms with van der Waals surface area (Å²) in [4.78, 5) is 14.5. The van der Waals surface area contributed by atoms with Crippen LogP contribution in [0.15, 0.2) is 12.1 Å². The summed E-state index contributed by atoms with van der Waals surface area (Å²) in [6.45, 7) is 8.95. The van der Waals surface area contributed by atoms with E-state index in [2.05, 4.69) is 24.1 Å². The lowest BCUT2D eigenvalue weighted by atomic mass is 10.0. The number of hydrogen-bond acceptors (Lipinski definition) is 3. The summed E-state index contributed by atoms with van der Waals surface area (Å²) in [5.74, 6) is 0.333. The molecule has 0 aromatic heterocycles. The molecule has 112 valence electrons. The van der Waals surface area contributed by atoms with E-state index in [0.717, 1.165) is 17.7 Å². The van der Waals surface area contributed by atoms with Crippen LogP contribution in [-0.4, -0.2) is 37.5 Å². The van der Waals surface area contributed by atoms with Gasteiger partial charge in [-0.05, 0) is 51.1 Å². The first-order valence-corrected chi connectivity index (χ1v) is 7.04. The molecule has 1 amide bonds. The molecule has 0 fully saturated rings. The molecule has 4 heteroatoms. The minimum Gasteiger partial charge on any atom is -0.398 e.